The van der Waals surface area contributed by atoms with E-state index in [4.69, 9.17) is 14.5 Å². The number of methoxy groups -OCH3 is 1. The first-order chi connectivity index (χ1) is 18.2. The van der Waals surface area contributed by atoms with E-state index >= 15 is 0 Å². The maximum atomic E-state index is 13.8. The van der Waals surface area contributed by atoms with Crippen LogP contribution in [0.15, 0.2) is 53.0 Å². The number of benzene rings is 1. The molecule has 1 aromatic carbocycles. The van der Waals surface area contributed by atoms with Gasteiger partial charge in [-0.15, -0.1) is 0 Å². The molecule has 0 fully saturated rings. The third-order valence-corrected chi connectivity index (χ3v) is 8.07. The monoisotopic (exact) mass is 530 g/mol. The summed E-state index contributed by atoms with van der Waals surface area (Å²) in [7, 11) is 1.60. The predicted molar refractivity (Wildman–Crippen MR) is 149 cm³/mol. The molecule has 0 unspecified atom stereocenters. The number of hydrogen-bond acceptors (Lipinski definition) is 6. The summed E-state index contributed by atoms with van der Waals surface area (Å²) in [5.41, 5.74) is 3.39. The summed E-state index contributed by atoms with van der Waals surface area (Å²) >= 11 is 0. The fourth-order valence-electron chi connectivity index (χ4n) is 6.13. The van der Waals surface area contributed by atoms with Gasteiger partial charge in [-0.1, -0.05) is 33.8 Å². The molecule has 2 atom stereocenters. The molecule has 0 spiro atoms. The Bertz CT molecular complexity index is 1440. The maximum Gasteiger partial charge on any atom is 0.252 e. The van der Waals surface area contributed by atoms with Gasteiger partial charge < -0.3 is 19.9 Å². The number of nitrogens with zero attached hydrogens (tertiary/aromatic N) is 1. The van der Waals surface area contributed by atoms with Crippen LogP contribution in [0.2, 0.25) is 0 Å². The molecule has 1 aliphatic carbocycles. The lowest BCUT2D eigenvalue weighted by atomic mass is 9.68. The number of carbonyl (C=O) groups excluding carboxylic acids is 2. The zero-order valence-corrected chi connectivity index (χ0v) is 24.1. The Morgan fingerprint density at radius 1 is 1.13 bits per heavy atom. The van der Waals surface area contributed by atoms with E-state index in [-0.39, 0.29) is 29.1 Å². The van der Waals surface area contributed by atoms with Crippen molar-refractivity contribution in [2.75, 3.05) is 7.11 Å². The quantitative estimate of drug-likeness (QED) is 0.533. The number of carbonyl (C=O) groups is 2. The van der Waals surface area contributed by atoms with Gasteiger partial charge in [0.25, 0.3) is 5.91 Å². The van der Waals surface area contributed by atoms with Gasteiger partial charge in [-0.3, -0.25) is 9.59 Å². The van der Waals surface area contributed by atoms with Crippen molar-refractivity contribution < 1.29 is 24.2 Å². The van der Waals surface area contributed by atoms with Crippen molar-refractivity contribution in [3.05, 3.63) is 69.8 Å². The van der Waals surface area contributed by atoms with Crippen molar-refractivity contribution in [2.45, 2.75) is 78.9 Å². The molecule has 39 heavy (non-hydrogen) atoms. The van der Waals surface area contributed by atoms with Crippen molar-refractivity contribution >= 4 is 11.7 Å². The average molecular weight is 531 g/mol. The first-order valence-corrected chi connectivity index (χ1v) is 13.6. The summed E-state index contributed by atoms with van der Waals surface area (Å²) in [6, 6.07) is 9.11. The van der Waals surface area contributed by atoms with Crippen molar-refractivity contribution in [3.63, 3.8) is 0 Å². The van der Waals surface area contributed by atoms with E-state index in [0.29, 0.717) is 52.6 Å². The number of hydrogen-bond donors (Lipinski definition) is 2. The van der Waals surface area contributed by atoms with Crippen LogP contribution in [0.25, 0.3) is 11.3 Å². The van der Waals surface area contributed by atoms with Crippen LogP contribution in [-0.2, 0) is 19.9 Å². The largest absolute Gasteiger partial charge is 0.496 e. The number of ketones is 1. The Balaban J connectivity index is 1.78. The number of Topliss-reactive ketones (excluding diaryl/α,β-unsaturated/α-hetero) is 1. The summed E-state index contributed by atoms with van der Waals surface area (Å²) < 4.78 is 12.3. The van der Waals surface area contributed by atoms with Crippen LogP contribution in [0.4, 0.5) is 0 Å². The summed E-state index contributed by atoms with van der Waals surface area (Å²) in [5, 5.41) is 13.7. The Morgan fingerprint density at radius 2 is 1.85 bits per heavy atom. The Morgan fingerprint density at radius 3 is 2.49 bits per heavy atom. The van der Waals surface area contributed by atoms with E-state index in [2.05, 4.69) is 19.2 Å². The third kappa shape index (κ3) is 4.56. The number of rotatable bonds is 5. The number of amides is 1. The van der Waals surface area contributed by atoms with E-state index < -0.39 is 11.5 Å². The van der Waals surface area contributed by atoms with Gasteiger partial charge in [0.05, 0.1) is 36.0 Å². The molecule has 3 heterocycles. The Hall–Kier alpha value is -3.45. The highest BCUT2D eigenvalue weighted by molar-refractivity contribution is 6.07. The molecule has 0 radical (unpaired) electrons. The zero-order chi connectivity index (χ0) is 28.4. The van der Waals surface area contributed by atoms with Crippen LogP contribution in [0.3, 0.4) is 0 Å². The average Bonchev–Trinajstić information content (AvgIpc) is 3.17. The number of aromatic nitrogens is 1. The van der Waals surface area contributed by atoms with E-state index in [9.17, 15) is 14.7 Å². The number of allylic oxidation sites excluding steroid dienone is 2. The van der Waals surface area contributed by atoms with Gasteiger partial charge in [0.15, 0.2) is 5.78 Å². The van der Waals surface area contributed by atoms with Crippen molar-refractivity contribution in [2.24, 2.45) is 11.3 Å². The molecule has 0 saturated heterocycles. The summed E-state index contributed by atoms with van der Waals surface area (Å²) in [5.74, 6) is 1.12. The molecule has 206 valence electrons. The van der Waals surface area contributed by atoms with Crippen molar-refractivity contribution in [1.82, 2.24) is 10.3 Å². The minimum absolute atomic E-state index is 0.00685. The van der Waals surface area contributed by atoms with Crippen LogP contribution in [0.5, 0.6) is 5.75 Å². The van der Waals surface area contributed by atoms with Crippen molar-refractivity contribution in [1.29, 1.82) is 0 Å². The molecule has 1 amide bonds. The second-order valence-corrected chi connectivity index (χ2v) is 12.6. The number of ether oxygens (including phenoxy) is 2. The maximum absolute atomic E-state index is 13.8. The van der Waals surface area contributed by atoms with Gasteiger partial charge in [-0.05, 0) is 61.9 Å². The second-order valence-electron chi connectivity index (χ2n) is 12.6. The van der Waals surface area contributed by atoms with Crippen LogP contribution in [0.1, 0.15) is 77.1 Å². The smallest absolute Gasteiger partial charge is 0.252 e. The molecule has 2 aromatic rings. The number of nitrogens with one attached hydrogen (secondary N) is 1. The summed E-state index contributed by atoms with van der Waals surface area (Å²) in [6.45, 7) is 13.6. The SMILES string of the molecule is COc1ccc(-c2cccc(C(C)(C)O)n2)c(C)c1[C@H]1C2=C(CC(C)(C)CC2=O)OC2=C1C(=O)N[C@@H]2C(C)C. The second kappa shape index (κ2) is 9.33. The van der Waals surface area contributed by atoms with E-state index in [0.717, 1.165) is 16.7 Å². The molecule has 2 aliphatic heterocycles. The highest BCUT2D eigenvalue weighted by atomic mass is 16.5. The van der Waals surface area contributed by atoms with Gasteiger partial charge in [0, 0.05) is 29.5 Å². The molecule has 2 N–H and O–H groups in total. The first-order valence-electron chi connectivity index (χ1n) is 13.6. The number of aliphatic hydroxyl groups is 1. The molecular weight excluding hydrogens is 492 g/mol. The van der Waals surface area contributed by atoms with E-state index in [1.54, 1.807) is 27.0 Å². The van der Waals surface area contributed by atoms with E-state index in [1.807, 2.05) is 45.0 Å². The normalized spacial score (nSPS) is 22.5. The Kier molecular flexibility index (Phi) is 6.49. The molecule has 5 rings (SSSR count). The van der Waals surface area contributed by atoms with Crippen LogP contribution < -0.4 is 10.1 Å². The molecule has 7 nitrogen and oxygen atoms in total. The molecule has 3 aliphatic rings. The van der Waals surface area contributed by atoms with Gasteiger partial charge >= 0.3 is 0 Å². The highest BCUT2D eigenvalue weighted by Gasteiger charge is 2.50. The minimum atomic E-state index is -1.10. The van der Waals surface area contributed by atoms with Crippen LogP contribution >= 0.6 is 0 Å². The van der Waals surface area contributed by atoms with E-state index in [1.165, 1.54) is 0 Å². The highest BCUT2D eigenvalue weighted by Crippen LogP contribution is 2.53. The molecule has 0 bridgehead atoms. The summed E-state index contributed by atoms with van der Waals surface area (Å²) in [4.78, 5) is 32.1. The predicted octanol–water partition coefficient (Wildman–Crippen LogP) is 5.46. The van der Waals surface area contributed by atoms with Gasteiger partial charge in [-0.25, -0.2) is 4.98 Å². The summed E-state index contributed by atoms with van der Waals surface area (Å²) in [6.07, 6.45) is 0.983. The topological polar surface area (TPSA) is 97.8 Å². The third-order valence-electron chi connectivity index (χ3n) is 8.07. The molecular formula is C32H38N2O5. The molecule has 1 aromatic heterocycles. The van der Waals surface area contributed by atoms with Crippen LogP contribution in [0, 0.1) is 18.3 Å². The molecule has 7 heteroatoms. The lowest BCUT2D eigenvalue weighted by Gasteiger charge is -2.39. The lowest BCUT2D eigenvalue weighted by Crippen LogP contribution is -2.34. The zero-order valence-electron chi connectivity index (χ0n) is 24.1. The fourth-order valence-corrected chi connectivity index (χ4v) is 6.13. The van der Waals surface area contributed by atoms with Crippen LogP contribution in [-0.4, -0.2) is 34.9 Å². The van der Waals surface area contributed by atoms with Crippen molar-refractivity contribution in [3.8, 4) is 17.0 Å². The first kappa shape index (κ1) is 27.1. The van der Waals surface area contributed by atoms with Gasteiger partial charge in [0.1, 0.15) is 22.9 Å². The fraction of sp³-hybridized carbons (Fsp3) is 0.469. The number of pyridine rings is 1. The standard InChI is InChI=1S/C32H38N2O5/c1-16(2)28-29-27(30(36)34-28)26(25-20(35)14-31(4,5)15-22(25)39-29)24-17(3)18(12-13-21(24)38-8)19-10-9-11-23(33-19)32(6,7)37/h9-13,16,26,28,37H,14-15H2,1-8H3,(H,34,36)/t26-,28+/m0/s1. The Labute approximate surface area is 230 Å². The minimum Gasteiger partial charge on any atom is -0.496 e. The lowest BCUT2D eigenvalue weighted by molar-refractivity contribution is -0.119. The van der Waals surface area contributed by atoms with Gasteiger partial charge in [-0.2, -0.15) is 0 Å². The van der Waals surface area contributed by atoms with Gasteiger partial charge in [0.2, 0.25) is 0 Å². The molecule has 0 saturated carbocycles.